The molecule has 0 spiro atoms. The molecule has 0 bridgehead atoms. The molecule has 116 valence electrons. The van der Waals surface area contributed by atoms with Crippen molar-refractivity contribution in [1.29, 1.82) is 0 Å². The number of carbonyl (C=O) groups excluding carboxylic acids is 2. The van der Waals surface area contributed by atoms with E-state index in [0.29, 0.717) is 6.04 Å². The molecule has 0 heterocycles. The van der Waals surface area contributed by atoms with E-state index in [9.17, 15) is 9.59 Å². The molecule has 1 aliphatic rings. The third-order valence-corrected chi connectivity index (χ3v) is 4.03. The van der Waals surface area contributed by atoms with Crippen LogP contribution < -0.4 is 5.32 Å². The van der Waals surface area contributed by atoms with E-state index in [-0.39, 0.29) is 30.5 Å². The van der Waals surface area contributed by atoms with Gasteiger partial charge in [0.25, 0.3) is 0 Å². The van der Waals surface area contributed by atoms with E-state index < -0.39 is 0 Å². The molecule has 1 saturated carbocycles. The molecule has 1 amide bonds. The van der Waals surface area contributed by atoms with Crippen LogP contribution in [0.5, 0.6) is 0 Å². The van der Waals surface area contributed by atoms with Gasteiger partial charge in [-0.1, -0.05) is 19.3 Å². The number of nitrogens with one attached hydrogen (secondary N) is 1. The summed E-state index contributed by atoms with van der Waals surface area (Å²) in [7, 11) is 1.37. The van der Waals surface area contributed by atoms with Gasteiger partial charge in [-0.3, -0.25) is 14.5 Å². The van der Waals surface area contributed by atoms with E-state index in [4.69, 9.17) is 4.74 Å². The van der Waals surface area contributed by atoms with Crippen molar-refractivity contribution in [3.8, 4) is 0 Å². The third kappa shape index (κ3) is 5.12. The number of nitrogens with zero attached hydrogens (tertiary/aromatic N) is 1. The van der Waals surface area contributed by atoms with Gasteiger partial charge in [0.05, 0.1) is 19.7 Å². The Hall–Kier alpha value is -1.10. The Morgan fingerprint density at radius 3 is 2.30 bits per heavy atom. The summed E-state index contributed by atoms with van der Waals surface area (Å²) >= 11 is 0. The molecule has 5 nitrogen and oxygen atoms in total. The molecule has 0 radical (unpaired) electrons. The van der Waals surface area contributed by atoms with Crippen LogP contribution in [0.25, 0.3) is 0 Å². The van der Waals surface area contributed by atoms with Crippen LogP contribution in [0.2, 0.25) is 0 Å². The number of esters is 1. The molecule has 5 heteroatoms. The lowest BCUT2D eigenvalue weighted by molar-refractivity contribution is -0.144. The molecule has 1 aliphatic carbocycles. The Kier molecular flexibility index (Phi) is 6.99. The summed E-state index contributed by atoms with van der Waals surface area (Å²) in [6.07, 6.45) is 5.78. The second kappa shape index (κ2) is 8.25. The Bertz CT molecular complexity index is 325. The number of hydrogen-bond donors (Lipinski definition) is 1. The molecule has 1 fully saturated rings. The summed E-state index contributed by atoms with van der Waals surface area (Å²) < 4.78 is 4.70. The summed E-state index contributed by atoms with van der Waals surface area (Å²) in [6.45, 7) is 5.95. The highest BCUT2D eigenvalue weighted by molar-refractivity contribution is 5.82. The fourth-order valence-electron chi connectivity index (χ4n) is 2.70. The number of carbonyl (C=O) groups is 2. The van der Waals surface area contributed by atoms with Gasteiger partial charge in [-0.05, 0) is 33.6 Å². The second-order valence-corrected chi connectivity index (χ2v) is 5.86. The summed E-state index contributed by atoms with van der Waals surface area (Å²) in [6, 6.07) is 0.0862. The summed E-state index contributed by atoms with van der Waals surface area (Å²) in [4.78, 5) is 25.6. The largest absolute Gasteiger partial charge is 0.468 e. The highest BCUT2D eigenvalue weighted by Gasteiger charge is 2.27. The smallest absolute Gasteiger partial charge is 0.319 e. The summed E-state index contributed by atoms with van der Waals surface area (Å²) in [5.41, 5.74) is 0. The van der Waals surface area contributed by atoms with Gasteiger partial charge in [0, 0.05) is 12.1 Å². The van der Waals surface area contributed by atoms with Crippen LogP contribution in [0, 0.1) is 0 Å². The zero-order chi connectivity index (χ0) is 15.1. The number of rotatable bonds is 6. The van der Waals surface area contributed by atoms with Crippen LogP contribution in [0.15, 0.2) is 0 Å². The molecule has 0 aromatic heterocycles. The Morgan fingerprint density at radius 2 is 1.80 bits per heavy atom. The molecular formula is C15H28N2O3. The lowest BCUT2D eigenvalue weighted by atomic mass is 9.95. The molecule has 1 N–H and O–H groups in total. The standard InChI is InChI=1S/C15H28N2O3/c1-11(2)17(10-14(18)20-4)12(3)15(19)16-13-8-6-5-7-9-13/h11-13H,5-10H2,1-4H3,(H,16,19). The molecule has 1 rings (SSSR count). The molecule has 1 unspecified atom stereocenters. The fraction of sp³-hybridized carbons (Fsp3) is 0.867. The predicted molar refractivity (Wildman–Crippen MR) is 78.3 cm³/mol. The summed E-state index contributed by atoms with van der Waals surface area (Å²) in [5, 5.41) is 3.11. The number of ether oxygens (including phenoxy) is 1. The minimum Gasteiger partial charge on any atom is -0.468 e. The van der Waals surface area contributed by atoms with Crippen molar-refractivity contribution >= 4 is 11.9 Å². The highest BCUT2D eigenvalue weighted by Crippen LogP contribution is 2.18. The minimum atomic E-state index is -0.323. The molecular weight excluding hydrogens is 256 g/mol. The van der Waals surface area contributed by atoms with Crippen LogP contribution in [-0.2, 0) is 14.3 Å². The maximum Gasteiger partial charge on any atom is 0.319 e. The van der Waals surface area contributed by atoms with Gasteiger partial charge in [0.2, 0.25) is 5.91 Å². The van der Waals surface area contributed by atoms with E-state index in [0.717, 1.165) is 12.8 Å². The van der Waals surface area contributed by atoms with Crippen molar-refractivity contribution in [2.45, 2.75) is 71.0 Å². The second-order valence-electron chi connectivity index (χ2n) is 5.86. The first-order chi connectivity index (χ1) is 9.45. The first kappa shape index (κ1) is 17.0. The lowest BCUT2D eigenvalue weighted by Crippen LogP contribution is -2.52. The van der Waals surface area contributed by atoms with E-state index in [1.807, 2.05) is 25.7 Å². The molecule has 0 saturated heterocycles. The van der Waals surface area contributed by atoms with Crippen molar-refractivity contribution in [3.05, 3.63) is 0 Å². The lowest BCUT2D eigenvalue weighted by Gasteiger charge is -2.32. The zero-order valence-electron chi connectivity index (χ0n) is 13.1. The average molecular weight is 284 g/mol. The van der Waals surface area contributed by atoms with Gasteiger partial charge in [-0.2, -0.15) is 0 Å². The van der Waals surface area contributed by atoms with Crippen molar-refractivity contribution in [2.75, 3.05) is 13.7 Å². The molecule has 0 aromatic rings. The van der Waals surface area contributed by atoms with Crippen molar-refractivity contribution < 1.29 is 14.3 Å². The highest BCUT2D eigenvalue weighted by atomic mass is 16.5. The predicted octanol–water partition coefficient (Wildman–Crippen LogP) is 1.71. The van der Waals surface area contributed by atoms with E-state index >= 15 is 0 Å². The number of amides is 1. The van der Waals surface area contributed by atoms with Crippen LogP contribution >= 0.6 is 0 Å². The van der Waals surface area contributed by atoms with Crippen molar-refractivity contribution in [3.63, 3.8) is 0 Å². The Morgan fingerprint density at radius 1 is 1.20 bits per heavy atom. The van der Waals surface area contributed by atoms with Gasteiger partial charge in [-0.15, -0.1) is 0 Å². The van der Waals surface area contributed by atoms with E-state index in [1.54, 1.807) is 0 Å². The molecule has 1 atom stereocenters. The van der Waals surface area contributed by atoms with Gasteiger partial charge in [-0.25, -0.2) is 0 Å². The topological polar surface area (TPSA) is 58.6 Å². The SMILES string of the molecule is COC(=O)CN(C(C)C)C(C)C(=O)NC1CCCCC1. The van der Waals surface area contributed by atoms with Crippen molar-refractivity contribution in [2.24, 2.45) is 0 Å². The molecule has 20 heavy (non-hydrogen) atoms. The third-order valence-electron chi connectivity index (χ3n) is 4.03. The molecule has 0 aromatic carbocycles. The number of hydrogen-bond acceptors (Lipinski definition) is 4. The zero-order valence-corrected chi connectivity index (χ0v) is 13.1. The fourth-order valence-corrected chi connectivity index (χ4v) is 2.70. The van der Waals surface area contributed by atoms with Crippen LogP contribution in [0.3, 0.4) is 0 Å². The van der Waals surface area contributed by atoms with E-state index in [1.165, 1.54) is 26.4 Å². The maximum atomic E-state index is 12.3. The average Bonchev–Trinajstić information content (AvgIpc) is 2.44. The van der Waals surface area contributed by atoms with Crippen LogP contribution in [0.1, 0.15) is 52.9 Å². The summed E-state index contributed by atoms with van der Waals surface area (Å²) in [5.74, 6) is -0.300. The van der Waals surface area contributed by atoms with E-state index in [2.05, 4.69) is 5.32 Å². The maximum absolute atomic E-state index is 12.3. The van der Waals surface area contributed by atoms with Crippen LogP contribution in [0.4, 0.5) is 0 Å². The van der Waals surface area contributed by atoms with Gasteiger partial charge >= 0.3 is 5.97 Å². The van der Waals surface area contributed by atoms with Gasteiger partial charge in [0.15, 0.2) is 0 Å². The first-order valence-electron chi connectivity index (χ1n) is 7.58. The Balaban J connectivity index is 2.56. The van der Waals surface area contributed by atoms with Gasteiger partial charge in [0.1, 0.15) is 0 Å². The minimum absolute atomic E-state index is 0.00880. The Labute approximate surface area is 122 Å². The van der Waals surface area contributed by atoms with Gasteiger partial charge < -0.3 is 10.1 Å². The molecule has 0 aliphatic heterocycles. The monoisotopic (exact) mass is 284 g/mol. The first-order valence-corrected chi connectivity index (χ1v) is 7.58. The van der Waals surface area contributed by atoms with Crippen molar-refractivity contribution in [1.82, 2.24) is 10.2 Å². The van der Waals surface area contributed by atoms with Crippen LogP contribution in [-0.4, -0.2) is 48.6 Å². The number of methoxy groups -OCH3 is 1. The normalized spacial score (nSPS) is 18.1. The quantitative estimate of drug-likeness (QED) is 0.754.